The van der Waals surface area contributed by atoms with Gasteiger partial charge in [-0.3, -0.25) is 0 Å². The maximum Gasteiger partial charge on any atom is 0.121 e. The van der Waals surface area contributed by atoms with Crippen molar-refractivity contribution in [3.8, 4) is 17.9 Å². The largest absolute Gasteiger partial charge is 0.493 e. The van der Waals surface area contributed by atoms with Gasteiger partial charge in [-0.25, -0.2) is 0 Å². The first-order valence-electron chi connectivity index (χ1n) is 7.28. The van der Waals surface area contributed by atoms with E-state index >= 15 is 0 Å². The number of nitriles is 2. The Kier molecular flexibility index (Phi) is 7.12. The first kappa shape index (κ1) is 16.9. The molecule has 0 aliphatic rings. The van der Waals surface area contributed by atoms with Crippen molar-refractivity contribution in [3.63, 3.8) is 0 Å². The Balaban J connectivity index is 2.45. The molecule has 1 aromatic carbocycles. The molecule has 112 valence electrons. The summed E-state index contributed by atoms with van der Waals surface area (Å²) in [6.45, 7) is 5.68. The highest BCUT2D eigenvalue weighted by Crippen LogP contribution is 2.24. The fraction of sp³-hybridized carbons (Fsp3) is 0.529. The number of ether oxygens (including phenoxy) is 1. The van der Waals surface area contributed by atoms with Crippen molar-refractivity contribution < 1.29 is 4.74 Å². The summed E-state index contributed by atoms with van der Waals surface area (Å²) < 4.78 is 5.61. The van der Waals surface area contributed by atoms with Crippen molar-refractivity contribution in [2.24, 2.45) is 5.41 Å². The lowest BCUT2D eigenvalue weighted by Crippen LogP contribution is -2.22. The summed E-state index contributed by atoms with van der Waals surface area (Å²) in [6.07, 6.45) is 2.72. The van der Waals surface area contributed by atoms with Gasteiger partial charge in [0.05, 0.1) is 18.7 Å². The van der Waals surface area contributed by atoms with E-state index in [2.05, 4.69) is 31.3 Å². The smallest absolute Gasteiger partial charge is 0.121 e. The third kappa shape index (κ3) is 7.22. The molecular weight excluding hydrogens is 262 g/mol. The van der Waals surface area contributed by atoms with E-state index in [9.17, 15) is 0 Å². The summed E-state index contributed by atoms with van der Waals surface area (Å²) in [5.74, 6) is 0.813. The van der Waals surface area contributed by atoms with Crippen LogP contribution in [0.3, 0.4) is 0 Å². The normalized spacial score (nSPS) is 10.5. The van der Waals surface area contributed by atoms with Crippen LogP contribution < -0.4 is 10.1 Å². The van der Waals surface area contributed by atoms with Gasteiger partial charge in [0.1, 0.15) is 5.75 Å². The van der Waals surface area contributed by atoms with Gasteiger partial charge >= 0.3 is 0 Å². The standard InChI is InChI=1S/C17H23N3O/c1-17(2,9-6-11-19)14-20-15-7-5-8-16(13-15)21-12-4-3-10-18/h5,7-8,13,20H,3-4,6,9,12,14H2,1-2H3. The SMILES string of the molecule is CC(C)(CCC#N)CNc1cccc(OCCCC#N)c1. The van der Waals surface area contributed by atoms with Crippen molar-refractivity contribution in [2.75, 3.05) is 18.5 Å². The van der Waals surface area contributed by atoms with E-state index in [0.717, 1.165) is 30.8 Å². The summed E-state index contributed by atoms with van der Waals surface area (Å²) in [7, 11) is 0. The first-order valence-corrected chi connectivity index (χ1v) is 7.28. The molecule has 0 bridgehead atoms. The Morgan fingerprint density at radius 1 is 1.19 bits per heavy atom. The van der Waals surface area contributed by atoms with Crippen LogP contribution in [-0.2, 0) is 0 Å². The fourth-order valence-corrected chi connectivity index (χ4v) is 1.86. The lowest BCUT2D eigenvalue weighted by atomic mass is 9.88. The lowest BCUT2D eigenvalue weighted by Gasteiger charge is -2.24. The zero-order valence-corrected chi connectivity index (χ0v) is 12.9. The molecule has 0 unspecified atom stereocenters. The molecule has 1 aromatic rings. The highest BCUT2D eigenvalue weighted by atomic mass is 16.5. The summed E-state index contributed by atoms with van der Waals surface area (Å²) in [6, 6.07) is 12.1. The third-order valence-electron chi connectivity index (χ3n) is 3.22. The Hall–Kier alpha value is -2.20. The highest BCUT2D eigenvalue weighted by molar-refractivity contribution is 5.48. The Morgan fingerprint density at radius 2 is 1.95 bits per heavy atom. The van der Waals surface area contributed by atoms with Gasteiger partial charge in [-0.05, 0) is 30.4 Å². The zero-order chi connectivity index (χ0) is 15.6. The van der Waals surface area contributed by atoms with Gasteiger partial charge in [-0.1, -0.05) is 19.9 Å². The molecule has 0 aliphatic heterocycles. The van der Waals surface area contributed by atoms with Gasteiger partial charge < -0.3 is 10.1 Å². The molecule has 4 nitrogen and oxygen atoms in total. The predicted octanol–water partition coefficient (Wildman–Crippen LogP) is 4.11. The van der Waals surface area contributed by atoms with Gasteiger partial charge in [-0.15, -0.1) is 0 Å². The summed E-state index contributed by atoms with van der Waals surface area (Å²) in [5.41, 5.74) is 1.09. The summed E-state index contributed by atoms with van der Waals surface area (Å²) in [5, 5.41) is 20.5. The molecule has 0 spiro atoms. The Labute approximate surface area is 127 Å². The van der Waals surface area contributed by atoms with Crippen molar-refractivity contribution in [3.05, 3.63) is 24.3 Å². The minimum absolute atomic E-state index is 0.0827. The lowest BCUT2D eigenvalue weighted by molar-refractivity contribution is 0.312. The molecule has 0 heterocycles. The zero-order valence-electron chi connectivity index (χ0n) is 12.9. The van der Waals surface area contributed by atoms with Crippen molar-refractivity contribution >= 4 is 5.69 Å². The molecule has 21 heavy (non-hydrogen) atoms. The van der Waals surface area contributed by atoms with E-state index < -0.39 is 0 Å². The van der Waals surface area contributed by atoms with Crippen LogP contribution in [0.4, 0.5) is 5.69 Å². The van der Waals surface area contributed by atoms with Crippen LogP contribution in [-0.4, -0.2) is 13.2 Å². The van der Waals surface area contributed by atoms with E-state index in [1.165, 1.54) is 0 Å². The Bertz CT molecular complexity index is 512. The molecule has 0 aliphatic carbocycles. The van der Waals surface area contributed by atoms with Crippen LogP contribution in [0.2, 0.25) is 0 Å². The minimum atomic E-state index is 0.0827. The molecule has 1 N–H and O–H groups in total. The van der Waals surface area contributed by atoms with Crippen molar-refractivity contribution in [1.29, 1.82) is 10.5 Å². The van der Waals surface area contributed by atoms with Crippen LogP contribution in [0.15, 0.2) is 24.3 Å². The average Bonchev–Trinajstić information content (AvgIpc) is 2.48. The number of rotatable bonds is 9. The van der Waals surface area contributed by atoms with E-state index in [1.807, 2.05) is 24.3 Å². The number of nitrogens with zero attached hydrogens (tertiary/aromatic N) is 2. The molecule has 0 saturated carbocycles. The van der Waals surface area contributed by atoms with E-state index in [1.54, 1.807) is 0 Å². The second kappa shape index (κ2) is 8.87. The minimum Gasteiger partial charge on any atom is -0.493 e. The van der Waals surface area contributed by atoms with Gasteiger partial charge in [0.15, 0.2) is 0 Å². The number of hydrogen-bond acceptors (Lipinski definition) is 4. The quantitative estimate of drug-likeness (QED) is 0.693. The number of nitrogens with one attached hydrogen (secondary N) is 1. The van der Waals surface area contributed by atoms with Crippen LogP contribution in [0.5, 0.6) is 5.75 Å². The molecular formula is C17H23N3O. The van der Waals surface area contributed by atoms with Crippen molar-refractivity contribution in [1.82, 2.24) is 0 Å². The molecule has 0 amide bonds. The molecule has 0 radical (unpaired) electrons. The number of hydrogen-bond donors (Lipinski definition) is 1. The van der Waals surface area contributed by atoms with Gasteiger partial charge in [0, 0.05) is 31.1 Å². The predicted molar refractivity (Wildman–Crippen MR) is 83.9 cm³/mol. The average molecular weight is 285 g/mol. The molecule has 0 atom stereocenters. The van der Waals surface area contributed by atoms with E-state index in [0.29, 0.717) is 19.4 Å². The third-order valence-corrected chi connectivity index (χ3v) is 3.22. The monoisotopic (exact) mass is 285 g/mol. The van der Waals surface area contributed by atoms with E-state index in [4.69, 9.17) is 15.3 Å². The molecule has 1 rings (SSSR count). The second-order valence-corrected chi connectivity index (χ2v) is 5.81. The van der Waals surface area contributed by atoms with Gasteiger partial charge in [0.25, 0.3) is 0 Å². The van der Waals surface area contributed by atoms with Crippen LogP contribution in [0.1, 0.15) is 39.5 Å². The van der Waals surface area contributed by atoms with Gasteiger partial charge in [-0.2, -0.15) is 10.5 Å². The number of benzene rings is 1. The molecule has 0 saturated heterocycles. The molecule has 4 heteroatoms. The van der Waals surface area contributed by atoms with Crippen molar-refractivity contribution in [2.45, 2.75) is 39.5 Å². The fourth-order valence-electron chi connectivity index (χ4n) is 1.86. The summed E-state index contributed by atoms with van der Waals surface area (Å²) >= 11 is 0. The highest BCUT2D eigenvalue weighted by Gasteiger charge is 2.17. The maximum atomic E-state index is 8.66. The summed E-state index contributed by atoms with van der Waals surface area (Å²) in [4.78, 5) is 0. The molecule has 0 fully saturated rings. The number of unbranched alkanes of at least 4 members (excludes halogenated alkanes) is 1. The second-order valence-electron chi connectivity index (χ2n) is 5.81. The van der Waals surface area contributed by atoms with Crippen LogP contribution in [0, 0.1) is 28.1 Å². The Morgan fingerprint density at radius 3 is 2.67 bits per heavy atom. The van der Waals surface area contributed by atoms with Gasteiger partial charge in [0.2, 0.25) is 0 Å². The number of anilines is 1. The van der Waals surface area contributed by atoms with Crippen LogP contribution in [0.25, 0.3) is 0 Å². The van der Waals surface area contributed by atoms with E-state index in [-0.39, 0.29) is 5.41 Å². The topological polar surface area (TPSA) is 68.8 Å². The maximum absolute atomic E-state index is 8.66. The first-order chi connectivity index (χ1) is 10.1. The van der Waals surface area contributed by atoms with Crippen LogP contribution >= 0.6 is 0 Å². The molecule has 0 aromatic heterocycles.